The Morgan fingerprint density at radius 1 is 0.680 bits per heavy atom. The van der Waals surface area contributed by atoms with E-state index in [9.17, 15) is 4.79 Å². The van der Waals surface area contributed by atoms with E-state index in [0.717, 1.165) is 0 Å². The number of methoxy groups -OCH3 is 1. The van der Waals surface area contributed by atoms with E-state index in [-0.39, 0.29) is 11.3 Å². The number of esters is 1. The summed E-state index contributed by atoms with van der Waals surface area (Å²) in [6, 6.07) is 23.7. The van der Waals surface area contributed by atoms with E-state index in [1.165, 1.54) is 19.2 Å². The number of rotatable bonds is 1. The van der Waals surface area contributed by atoms with E-state index in [1.54, 1.807) is 60.7 Å². The number of carbonyl (C=O) groups is 1. The largest absolute Gasteiger partial charge is 0.508 e. The molecule has 25 heavy (non-hydrogen) atoms. The van der Waals surface area contributed by atoms with Crippen LogP contribution < -0.4 is 0 Å². The van der Waals surface area contributed by atoms with Crippen molar-refractivity contribution in [1.29, 1.82) is 0 Å². The molecule has 0 saturated carbocycles. The summed E-state index contributed by atoms with van der Waals surface area (Å²) in [5.41, 5.74) is 0.190. The third-order valence-corrected chi connectivity index (χ3v) is 2.82. The van der Waals surface area contributed by atoms with Crippen molar-refractivity contribution in [3.05, 3.63) is 90.5 Å². The zero-order chi connectivity index (χ0) is 18.5. The predicted octanol–water partition coefficient (Wildman–Crippen LogP) is 3.96. The number of ether oxygens (including phenoxy) is 1. The van der Waals surface area contributed by atoms with Gasteiger partial charge in [-0.2, -0.15) is 0 Å². The van der Waals surface area contributed by atoms with Crippen LogP contribution in [0, 0.1) is 0 Å². The quantitative estimate of drug-likeness (QED) is 0.584. The molecule has 0 atom stereocenters. The molecule has 0 heterocycles. The summed E-state index contributed by atoms with van der Waals surface area (Å²) < 4.78 is 4.42. The van der Waals surface area contributed by atoms with Gasteiger partial charge in [-0.3, -0.25) is 0 Å². The van der Waals surface area contributed by atoms with E-state index >= 15 is 0 Å². The van der Waals surface area contributed by atoms with Crippen molar-refractivity contribution in [3.63, 3.8) is 0 Å². The number of phenols is 3. The van der Waals surface area contributed by atoms with Crippen molar-refractivity contribution in [2.75, 3.05) is 7.11 Å². The van der Waals surface area contributed by atoms with Gasteiger partial charge in [0.2, 0.25) is 0 Å². The summed E-state index contributed by atoms with van der Waals surface area (Å²) in [5, 5.41) is 26.4. The molecule has 0 spiro atoms. The summed E-state index contributed by atoms with van der Waals surface area (Å²) in [6.45, 7) is 0. The number of benzene rings is 3. The Morgan fingerprint density at radius 2 is 1.08 bits per heavy atom. The van der Waals surface area contributed by atoms with Crippen LogP contribution in [0.15, 0.2) is 84.9 Å². The Morgan fingerprint density at radius 3 is 1.40 bits per heavy atom. The second-order valence-electron chi connectivity index (χ2n) is 4.68. The van der Waals surface area contributed by atoms with Crippen molar-refractivity contribution in [3.8, 4) is 17.2 Å². The fourth-order valence-corrected chi connectivity index (χ4v) is 1.61. The molecule has 3 N–H and O–H groups in total. The van der Waals surface area contributed by atoms with Gasteiger partial charge < -0.3 is 20.1 Å². The van der Waals surface area contributed by atoms with Gasteiger partial charge in [0.25, 0.3) is 0 Å². The molecule has 0 aliphatic heterocycles. The molecular weight excluding hydrogens is 320 g/mol. The maximum absolute atomic E-state index is 10.9. The standard InChI is InChI=1S/C8H8O3.2C6H6O/c1-11-8(10)6-4-2-3-5-7(6)9;2*7-6-4-2-1-3-5-6/h2-5,9H,1H3;2*1-5,7H. The van der Waals surface area contributed by atoms with Crippen LogP contribution in [0.3, 0.4) is 0 Å². The number of hydrogen-bond acceptors (Lipinski definition) is 5. The summed E-state index contributed by atoms with van der Waals surface area (Å²) >= 11 is 0. The summed E-state index contributed by atoms with van der Waals surface area (Å²) in [7, 11) is 1.27. The first kappa shape index (κ1) is 19.6. The van der Waals surface area contributed by atoms with Crippen molar-refractivity contribution in [2.45, 2.75) is 0 Å². The molecule has 130 valence electrons. The van der Waals surface area contributed by atoms with Gasteiger partial charge in [0.15, 0.2) is 0 Å². The van der Waals surface area contributed by atoms with Crippen molar-refractivity contribution in [1.82, 2.24) is 0 Å². The molecule has 5 nitrogen and oxygen atoms in total. The van der Waals surface area contributed by atoms with Crippen LogP contribution in [-0.4, -0.2) is 28.4 Å². The molecule has 0 aliphatic carbocycles. The van der Waals surface area contributed by atoms with Crippen LogP contribution in [0.1, 0.15) is 10.4 Å². The van der Waals surface area contributed by atoms with Crippen molar-refractivity contribution in [2.24, 2.45) is 0 Å². The lowest BCUT2D eigenvalue weighted by molar-refractivity contribution is 0.0597. The van der Waals surface area contributed by atoms with E-state index in [1.807, 2.05) is 12.1 Å². The molecule has 5 heteroatoms. The molecule has 3 aromatic rings. The Labute approximate surface area is 146 Å². The van der Waals surface area contributed by atoms with E-state index in [4.69, 9.17) is 15.3 Å². The average molecular weight is 340 g/mol. The van der Waals surface area contributed by atoms with Crippen LogP contribution in [0.5, 0.6) is 17.2 Å². The van der Waals surface area contributed by atoms with Crippen molar-refractivity contribution < 1.29 is 24.9 Å². The fourth-order valence-electron chi connectivity index (χ4n) is 1.61. The van der Waals surface area contributed by atoms with Crippen LogP contribution in [-0.2, 0) is 4.74 Å². The normalized spacial score (nSPS) is 8.84. The van der Waals surface area contributed by atoms with E-state index < -0.39 is 5.97 Å². The Bertz CT molecular complexity index is 705. The van der Waals surface area contributed by atoms with Crippen LogP contribution in [0.4, 0.5) is 0 Å². The molecule has 0 saturated heterocycles. The van der Waals surface area contributed by atoms with Crippen LogP contribution in [0.25, 0.3) is 0 Å². The lowest BCUT2D eigenvalue weighted by Crippen LogP contribution is -2.00. The number of aromatic hydroxyl groups is 3. The zero-order valence-electron chi connectivity index (χ0n) is 13.7. The molecule has 0 bridgehead atoms. The van der Waals surface area contributed by atoms with Gasteiger partial charge in [-0.1, -0.05) is 48.5 Å². The van der Waals surface area contributed by atoms with Gasteiger partial charge in [-0.05, 0) is 36.4 Å². The molecule has 0 aliphatic rings. The summed E-state index contributed by atoms with van der Waals surface area (Å²) in [4.78, 5) is 10.9. The predicted molar refractivity (Wildman–Crippen MR) is 95.7 cm³/mol. The van der Waals surface area contributed by atoms with Gasteiger partial charge in [-0.25, -0.2) is 4.79 Å². The first-order chi connectivity index (χ1) is 12.0. The molecule has 0 radical (unpaired) electrons. The Balaban J connectivity index is 0.000000195. The van der Waals surface area contributed by atoms with Gasteiger partial charge in [0, 0.05) is 0 Å². The van der Waals surface area contributed by atoms with Gasteiger partial charge in [0.05, 0.1) is 7.11 Å². The fraction of sp³-hybridized carbons (Fsp3) is 0.0500. The second-order valence-corrected chi connectivity index (χ2v) is 4.68. The number of hydrogen-bond donors (Lipinski definition) is 3. The SMILES string of the molecule is COC(=O)c1ccccc1O.Oc1ccccc1.Oc1ccccc1. The Kier molecular flexibility index (Phi) is 8.71. The third kappa shape index (κ3) is 8.08. The van der Waals surface area contributed by atoms with Gasteiger partial charge >= 0.3 is 5.97 Å². The smallest absolute Gasteiger partial charge is 0.341 e. The monoisotopic (exact) mass is 340 g/mol. The molecular formula is C20H20O5. The topological polar surface area (TPSA) is 87.0 Å². The number of para-hydroxylation sites is 3. The maximum atomic E-state index is 10.9. The third-order valence-electron chi connectivity index (χ3n) is 2.82. The first-order valence-corrected chi connectivity index (χ1v) is 7.39. The lowest BCUT2D eigenvalue weighted by atomic mass is 10.2. The molecule has 0 amide bonds. The highest BCUT2D eigenvalue weighted by molar-refractivity contribution is 5.92. The summed E-state index contributed by atoms with van der Waals surface area (Å²) in [5.74, 6) is 0.0625. The minimum atomic E-state index is -0.525. The highest BCUT2D eigenvalue weighted by Gasteiger charge is 2.08. The number of phenolic OH excluding ortho intramolecular Hbond substituents is 3. The first-order valence-electron chi connectivity index (χ1n) is 7.39. The van der Waals surface area contributed by atoms with E-state index in [2.05, 4.69) is 4.74 Å². The van der Waals surface area contributed by atoms with E-state index in [0.29, 0.717) is 11.5 Å². The van der Waals surface area contributed by atoms with Crippen LogP contribution in [0.2, 0.25) is 0 Å². The summed E-state index contributed by atoms with van der Waals surface area (Å²) in [6.07, 6.45) is 0. The average Bonchev–Trinajstić information content (AvgIpc) is 2.64. The molecule has 3 aromatic carbocycles. The van der Waals surface area contributed by atoms with Crippen molar-refractivity contribution >= 4 is 5.97 Å². The highest BCUT2D eigenvalue weighted by atomic mass is 16.5. The lowest BCUT2D eigenvalue weighted by Gasteiger charge is -1.99. The minimum absolute atomic E-state index is 0.0562. The second kappa shape index (κ2) is 11.1. The van der Waals surface area contributed by atoms with Crippen LogP contribution >= 0.6 is 0 Å². The minimum Gasteiger partial charge on any atom is -0.508 e. The number of carbonyl (C=O) groups excluding carboxylic acids is 1. The van der Waals surface area contributed by atoms with Gasteiger partial charge in [-0.15, -0.1) is 0 Å². The zero-order valence-corrected chi connectivity index (χ0v) is 13.7. The molecule has 0 unspecified atom stereocenters. The van der Waals surface area contributed by atoms with Gasteiger partial charge in [0.1, 0.15) is 22.8 Å². The molecule has 0 fully saturated rings. The molecule has 0 aromatic heterocycles. The molecule has 3 rings (SSSR count). The highest BCUT2D eigenvalue weighted by Crippen LogP contribution is 2.15. The maximum Gasteiger partial charge on any atom is 0.341 e. The Hall–Kier alpha value is -3.47.